The van der Waals surface area contributed by atoms with Gasteiger partial charge in [0.25, 0.3) is 0 Å². The van der Waals surface area contributed by atoms with Crippen LogP contribution in [0.15, 0.2) is 18.2 Å². The number of anilines is 1. The van der Waals surface area contributed by atoms with Gasteiger partial charge in [0.15, 0.2) is 0 Å². The van der Waals surface area contributed by atoms with E-state index in [1.807, 2.05) is 13.8 Å². The van der Waals surface area contributed by atoms with E-state index in [1.165, 1.54) is 7.11 Å². The van der Waals surface area contributed by atoms with E-state index in [0.29, 0.717) is 23.4 Å². The topological polar surface area (TPSA) is 55.4 Å². The third kappa shape index (κ3) is 3.90. The summed E-state index contributed by atoms with van der Waals surface area (Å²) in [7, 11) is 1.52. The summed E-state index contributed by atoms with van der Waals surface area (Å²) in [5.41, 5.74) is 1.04. The molecule has 0 saturated heterocycles. The van der Waals surface area contributed by atoms with Gasteiger partial charge in [0, 0.05) is 12.0 Å². The normalized spacial score (nSPS) is 10.1. The van der Waals surface area contributed by atoms with Crippen LogP contribution >= 0.6 is 0 Å². The van der Waals surface area contributed by atoms with Crippen molar-refractivity contribution < 1.29 is 14.3 Å². The molecule has 0 aromatic heterocycles. The van der Waals surface area contributed by atoms with Gasteiger partial charge < -0.3 is 10.1 Å². The van der Waals surface area contributed by atoms with Crippen LogP contribution in [0.5, 0.6) is 5.75 Å². The van der Waals surface area contributed by atoms with Crippen LogP contribution in [0.25, 0.3) is 0 Å². The van der Waals surface area contributed by atoms with Crippen LogP contribution in [-0.2, 0) is 4.79 Å². The van der Waals surface area contributed by atoms with E-state index in [2.05, 4.69) is 5.32 Å². The van der Waals surface area contributed by atoms with Crippen LogP contribution in [-0.4, -0.2) is 19.3 Å². The molecule has 0 fully saturated rings. The van der Waals surface area contributed by atoms with E-state index in [4.69, 9.17) is 4.74 Å². The van der Waals surface area contributed by atoms with Crippen molar-refractivity contribution in [2.24, 2.45) is 5.92 Å². The minimum Gasteiger partial charge on any atom is -0.495 e. The van der Waals surface area contributed by atoms with Gasteiger partial charge in [-0.05, 0) is 24.1 Å². The molecular weight excluding hydrogens is 218 g/mol. The molecule has 0 bridgehead atoms. The van der Waals surface area contributed by atoms with E-state index >= 15 is 0 Å². The van der Waals surface area contributed by atoms with Gasteiger partial charge in [0.05, 0.1) is 12.8 Å². The summed E-state index contributed by atoms with van der Waals surface area (Å²) >= 11 is 0. The van der Waals surface area contributed by atoms with Gasteiger partial charge in [-0.1, -0.05) is 13.8 Å². The number of carbonyl (C=O) groups is 2. The Hall–Kier alpha value is -1.84. The van der Waals surface area contributed by atoms with Crippen LogP contribution in [0.2, 0.25) is 0 Å². The predicted molar refractivity (Wildman–Crippen MR) is 66.5 cm³/mol. The molecule has 92 valence electrons. The second kappa shape index (κ2) is 6.03. The Morgan fingerprint density at radius 1 is 1.47 bits per heavy atom. The van der Waals surface area contributed by atoms with Crippen LogP contribution in [0, 0.1) is 5.92 Å². The Morgan fingerprint density at radius 3 is 2.71 bits per heavy atom. The van der Waals surface area contributed by atoms with Crippen LogP contribution in [0.4, 0.5) is 5.69 Å². The molecule has 0 aliphatic carbocycles. The van der Waals surface area contributed by atoms with Crippen molar-refractivity contribution in [1.82, 2.24) is 0 Å². The van der Waals surface area contributed by atoms with Crippen molar-refractivity contribution in [2.45, 2.75) is 20.3 Å². The predicted octanol–water partition coefficient (Wildman–Crippen LogP) is 2.49. The SMILES string of the molecule is COc1ccc(C=O)cc1NC(=O)CC(C)C. The molecule has 0 atom stereocenters. The highest BCUT2D eigenvalue weighted by molar-refractivity contribution is 5.93. The van der Waals surface area contributed by atoms with Gasteiger partial charge >= 0.3 is 0 Å². The zero-order valence-electron chi connectivity index (χ0n) is 10.3. The molecule has 4 nitrogen and oxygen atoms in total. The van der Waals surface area contributed by atoms with Crippen molar-refractivity contribution in [3.05, 3.63) is 23.8 Å². The van der Waals surface area contributed by atoms with E-state index in [9.17, 15) is 9.59 Å². The fraction of sp³-hybridized carbons (Fsp3) is 0.385. The van der Waals surface area contributed by atoms with Crippen molar-refractivity contribution >= 4 is 17.9 Å². The summed E-state index contributed by atoms with van der Waals surface area (Å²) in [6, 6.07) is 4.91. The second-order valence-corrected chi connectivity index (χ2v) is 4.22. The number of hydrogen-bond acceptors (Lipinski definition) is 3. The number of benzene rings is 1. The van der Waals surface area contributed by atoms with E-state index < -0.39 is 0 Å². The highest BCUT2D eigenvalue weighted by Crippen LogP contribution is 2.25. The third-order valence-corrected chi connectivity index (χ3v) is 2.23. The monoisotopic (exact) mass is 235 g/mol. The lowest BCUT2D eigenvalue weighted by atomic mass is 10.1. The summed E-state index contributed by atoms with van der Waals surface area (Å²) in [6.07, 6.45) is 1.17. The lowest BCUT2D eigenvalue weighted by Crippen LogP contribution is -2.14. The Morgan fingerprint density at radius 2 is 2.18 bits per heavy atom. The number of ether oxygens (including phenoxy) is 1. The standard InChI is InChI=1S/C13H17NO3/c1-9(2)6-13(16)14-11-7-10(8-15)4-5-12(11)17-3/h4-5,7-9H,6H2,1-3H3,(H,14,16). The molecule has 4 heteroatoms. The average Bonchev–Trinajstić information content (AvgIpc) is 2.27. The van der Waals surface area contributed by atoms with Crippen LogP contribution < -0.4 is 10.1 Å². The number of rotatable bonds is 5. The zero-order valence-corrected chi connectivity index (χ0v) is 10.3. The first-order valence-electron chi connectivity index (χ1n) is 5.50. The number of carbonyl (C=O) groups excluding carboxylic acids is 2. The Bertz CT molecular complexity index is 413. The van der Waals surface area contributed by atoms with Gasteiger partial charge in [-0.15, -0.1) is 0 Å². The number of amides is 1. The smallest absolute Gasteiger partial charge is 0.224 e. The maximum absolute atomic E-state index is 11.6. The summed E-state index contributed by atoms with van der Waals surface area (Å²) in [5.74, 6) is 0.754. The van der Waals surface area contributed by atoms with Gasteiger partial charge in [0.2, 0.25) is 5.91 Å². The molecule has 1 rings (SSSR count). The van der Waals surface area contributed by atoms with Crippen LogP contribution in [0.1, 0.15) is 30.6 Å². The van der Waals surface area contributed by atoms with Crippen molar-refractivity contribution in [3.8, 4) is 5.75 Å². The quantitative estimate of drug-likeness (QED) is 0.798. The summed E-state index contributed by atoms with van der Waals surface area (Å²) in [6.45, 7) is 3.94. The molecule has 0 aliphatic rings. The first-order valence-corrected chi connectivity index (χ1v) is 5.50. The largest absolute Gasteiger partial charge is 0.495 e. The lowest BCUT2D eigenvalue weighted by molar-refractivity contribution is -0.116. The number of aldehydes is 1. The molecule has 0 saturated carbocycles. The van der Waals surface area contributed by atoms with Gasteiger partial charge in [-0.2, -0.15) is 0 Å². The Kier molecular flexibility index (Phi) is 4.69. The van der Waals surface area contributed by atoms with Crippen molar-refractivity contribution in [2.75, 3.05) is 12.4 Å². The summed E-state index contributed by atoms with van der Waals surface area (Å²) < 4.78 is 5.12. The summed E-state index contributed by atoms with van der Waals surface area (Å²) in [5, 5.41) is 2.74. The maximum Gasteiger partial charge on any atom is 0.224 e. The lowest BCUT2D eigenvalue weighted by Gasteiger charge is -2.11. The molecule has 0 spiro atoms. The molecule has 0 aliphatic heterocycles. The van der Waals surface area contributed by atoms with Crippen molar-refractivity contribution in [3.63, 3.8) is 0 Å². The fourth-order valence-electron chi connectivity index (χ4n) is 1.47. The number of hydrogen-bond donors (Lipinski definition) is 1. The highest BCUT2D eigenvalue weighted by atomic mass is 16.5. The maximum atomic E-state index is 11.6. The van der Waals surface area contributed by atoms with E-state index in [0.717, 1.165) is 6.29 Å². The Balaban J connectivity index is 2.87. The van der Waals surface area contributed by atoms with Gasteiger partial charge in [-0.25, -0.2) is 0 Å². The molecule has 1 N–H and O–H groups in total. The minimum absolute atomic E-state index is 0.0821. The fourth-order valence-corrected chi connectivity index (χ4v) is 1.47. The average molecular weight is 235 g/mol. The molecule has 1 aromatic rings. The molecule has 1 aromatic carbocycles. The highest BCUT2D eigenvalue weighted by Gasteiger charge is 2.09. The molecule has 0 heterocycles. The number of methoxy groups -OCH3 is 1. The van der Waals surface area contributed by atoms with Crippen molar-refractivity contribution in [1.29, 1.82) is 0 Å². The molecule has 0 radical (unpaired) electrons. The molecule has 17 heavy (non-hydrogen) atoms. The molecular formula is C13H17NO3. The van der Waals surface area contributed by atoms with Gasteiger partial charge in [0.1, 0.15) is 12.0 Å². The summed E-state index contributed by atoms with van der Waals surface area (Å²) in [4.78, 5) is 22.3. The zero-order chi connectivity index (χ0) is 12.8. The minimum atomic E-state index is -0.0821. The number of nitrogens with one attached hydrogen (secondary N) is 1. The third-order valence-electron chi connectivity index (χ3n) is 2.23. The molecule has 0 unspecified atom stereocenters. The second-order valence-electron chi connectivity index (χ2n) is 4.22. The first-order chi connectivity index (χ1) is 8.06. The van der Waals surface area contributed by atoms with E-state index in [-0.39, 0.29) is 11.8 Å². The Labute approximate surface area is 101 Å². The molecule has 1 amide bonds. The first kappa shape index (κ1) is 13.2. The van der Waals surface area contributed by atoms with Gasteiger partial charge in [-0.3, -0.25) is 9.59 Å². The van der Waals surface area contributed by atoms with Crippen LogP contribution in [0.3, 0.4) is 0 Å². The van der Waals surface area contributed by atoms with E-state index in [1.54, 1.807) is 18.2 Å².